The zero-order valence-electron chi connectivity index (χ0n) is 23.7. The lowest BCUT2D eigenvalue weighted by molar-refractivity contribution is -0.142. The number of hydrogen-bond acceptors (Lipinski definition) is 6. The van der Waals surface area contributed by atoms with Gasteiger partial charge in [0.15, 0.2) is 0 Å². The standard InChI is InChI=1S/C30H46N6O4/c31-27(37)25-7-3-15-35(25)29(39)23-5-1-13-33(19-23)17-21-9-11-22(12-10-21)18-34-14-2-6-24(20-34)30(40)36-16-4-8-26(36)28(32)38/h1,5,19,21-22,24-26H,2-4,6-18,20H2,(H2,31,37)(H2,32,38). The Morgan fingerprint density at radius 3 is 2.02 bits per heavy atom. The fourth-order valence-corrected chi connectivity index (χ4v) is 7.61. The van der Waals surface area contributed by atoms with E-state index < -0.39 is 18.0 Å². The average molecular weight is 555 g/mol. The Morgan fingerprint density at radius 2 is 1.35 bits per heavy atom. The van der Waals surface area contributed by atoms with Crippen molar-refractivity contribution < 1.29 is 19.2 Å². The first kappa shape index (κ1) is 28.6. The van der Waals surface area contributed by atoms with Gasteiger partial charge in [0, 0.05) is 45.5 Å². The highest BCUT2D eigenvalue weighted by Crippen LogP contribution is 2.32. The van der Waals surface area contributed by atoms with Gasteiger partial charge in [0.25, 0.3) is 5.91 Å². The summed E-state index contributed by atoms with van der Waals surface area (Å²) in [7, 11) is 0. The SMILES string of the molecule is NC(=O)C1CCCN1C(=O)C1=CN(CC2CCC(CN3CCCC(C(=O)N4CCCC4C(N)=O)C3)CC2)CC=C1. The van der Waals surface area contributed by atoms with Crippen LogP contribution in [0.1, 0.15) is 64.2 Å². The Labute approximate surface area is 237 Å². The van der Waals surface area contributed by atoms with Gasteiger partial charge in [-0.15, -0.1) is 0 Å². The summed E-state index contributed by atoms with van der Waals surface area (Å²) in [6.45, 7) is 5.83. The number of hydrogen-bond donors (Lipinski definition) is 2. The maximum absolute atomic E-state index is 13.2. The first-order valence-electron chi connectivity index (χ1n) is 15.3. The molecular weight excluding hydrogens is 508 g/mol. The molecule has 5 aliphatic rings. The number of nitrogens with zero attached hydrogens (tertiary/aromatic N) is 4. The van der Waals surface area contributed by atoms with Crippen molar-refractivity contribution in [3.8, 4) is 0 Å². The number of carbonyl (C=O) groups excluding carboxylic acids is 4. The van der Waals surface area contributed by atoms with Crippen LogP contribution in [0.5, 0.6) is 0 Å². The van der Waals surface area contributed by atoms with Crippen molar-refractivity contribution in [2.24, 2.45) is 29.2 Å². The monoisotopic (exact) mass is 554 g/mol. The molecule has 5 rings (SSSR count). The number of nitrogens with two attached hydrogens (primary N) is 2. The Morgan fingerprint density at radius 1 is 0.750 bits per heavy atom. The lowest BCUT2D eigenvalue weighted by Gasteiger charge is -2.39. The molecule has 4 aliphatic heterocycles. The Balaban J connectivity index is 1.07. The van der Waals surface area contributed by atoms with Crippen LogP contribution < -0.4 is 11.5 Å². The highest BCUT2D eigenvalue weighted by molar-refractivity contribution is 5.99. The molecule has 10 heteroatoms. The van der Waals surface area contributed by atoms with Gasteiger partial charge in [-0.25, -0.2) is 0 Å². The molecule has 0 aromatic heterocycles. The minimum atomic E-state index is -0.493. The molecule has 10 nitrogen and oxygen atoms in total. The van der Waals surface area contributed by atoms with Gasteiger partial charge in [-0.05, 0) is 82.6 Å². The largest absolute Gasteiger partial charge is 0.373 e. The summed E-state index contributed by atoms with van der Waals surface area (Å²) in [6, 6.07) is -0.919. The molecule has 4 N–H and O–H groups in total. The zero-order valence-corrected chi connectivity index (χ0v) is 23.7. The molecule has 1 saturated carbocycles. The molecular formula is C30H46N6O4. The minimum Gasteiger partial charge on any atom is -0.373 e. The van der Waals surface area contributed by atoms with Crippen molar-refractivity contribution in [2.45, 2.75) is 76.3 Å². The minimum absolute atomic E-state index is 0.0281. The number of primary amides is 2. The molecule has 40 heavy (non-hydrogen) atoms. The number of piperidine rings is 1. The molecule has 4 fully saturated rings. The molecule has 220 valence electrons. The lowest BCUT2D eigenvalue weighted by atomic mass is 9.81. The average Bonchev–Trinajstić information content (AvgIpc) is 3.64. The van der Waals surface area contributed by atoms with Gasteiger partial charge in [-0.1, -0.05) is 12.2 Å². The van der Waals surface area contributed by atoms with Crippen LogP contribution in [-0.4, -0.2) is 101 Å². The van der Waals surface area contributed by atoms with Crippen molar-refractivity contribution >= 4 is 23.6 Å². The smallest absolute Gasteiger partial charge is 0.255 e. The van der Waals surface area contributed by atoms with E-state index in [0.29, 0.717) is 43.3 Å². The quantitative estimate of drug-likeness (QED) is 0.464. The van der Waals surface area contributed by atoms with Crippen LogP contribution in [0.15, 0.2) is 23.9 Å². The fourth-order valence-electron chi connectivity index (χ4n) is 7.61. The van der Waals surface area contributed by atoms with Crippen LogP contribution in [0.4, 0.5) is 0 Å². The van der Waals surface area contributed by atoms with Crippen LogP contribution in [0.3, 0.4) is 0 Å². The van der Waals surface area contributed by atoms with Gasteiger partial charge in [0.1, 0.15) is 12.1 Å². The second-order valence-electron chi connectivity index (χ2n) is 12.6. The second kappa shape index (κ2) is 12.7. The van der Waals surface area contributed by atoms with E-state index in [1.165, 1.54) is 25.7 Å². The maximum atomic E-state index is 13.2. The van der Waals surface area contributed by atoms with E-state index in [1.54, 1.807) is 9.80 Å². The molecule has 3 saturated heterocycles. The van der Waals surface area contributed by atoms with Gasteiger partial charge in [0.2, 0.25) is 17.7 Å². The molecule has 1 aliphatic carbocycles. The van der Waals surface area contributed by atoms with Gasteiger partial charge in [-0.3, -0.25) is 19.2 Å². The molecule has 3 unspecified atom stereocenters. The number of amides is 4. The van der Waals surface area contributed by atoms with E-state index in [2.05, 4.69) is 9.80 Å². The van der Waals surface area contributed by atoms with Crippen molar-refractivity contribution in [3.63, 3.8) is 0 Å². The summed E-state index contributed by atoms with van der Waals surface area (Å²) in [5.74, 6) is 0.430. The third-order valence-electron chi connectivity index (χ3n) is 9.74. The summed E-state index contributed by atoms with van der Waals surface area (Å²) < 4.78 is 0. The maximum Gasteiger partial charge on any atom is 0.255 e. The zero-order chi connectivity index (χ0) is 28.2. The van der Waals surface area contributed by atoms with Crippen molar-refractivity contribution in [1.29, 1.82) is 0 Å². The van der Waals surface area contributed by atoms with E-state index in [-0.39, 0.29) is 23.6 Å². The predicted molar refractivity (Wildman–Crippen MR) is 151 cm³/mol. The molecule has 0 spiro atoms. The Kier molecular flexibility index (Phi) is 9.13. The van der Waals surface area contributed by atoms with Gasteiger partial charge >= 0.3 is 0 Å². The Hall–Kier alpha value is -2.88. The summed E-state index contributed by atoms with van der Waals surface area (Å²) in [4.78, 5) is 57.9. The van der Waals surface area contributed by atoms with Crippen LogP contribution in [-0.2, 0) is 19.2 Å². The summed E-state index contributed by atoms with van der Waals surface area (Å²) in [5, 5.41) is 0. The summed E-state index contributed by atoms with van der Waals surface area (Å²) in [5.41, 5.74) is 11.7. The molecule has 0 radical (unpaired) electrons. The number of rotatable bonds is 8. The normalized spacial score (nSPS) is 31.4. The van der Waals surface area contributed by atoms with E-state index in [4.69, 9.17) is 11.5 Å². The first-order chi connectivity index (χ1) is 19.3. The van der Waals surface area contributed by atoms with E-state index >= 15 is 0 Å². The highest BCUT2D eigenvalue weighted by atomic mass is 16.2. The van der Waals surface area contributed by atoms with Crippen LogP contribution in [0.2, 0.25) is 0 Å². The summed E-state index contributed by atoms with van der Waals surface area (Å²) in [6.07, 6.45) is 15.5. The second-order valence-corrected chi connectivity index (χ2v) is 12.6. The number of likely N-dealkylation sites (tertiary alicyclic amines) is 3. The number of carbonyl (C=O) groups is 4. The van der Waals surface area contributed by atoms with Gasteiger partial charge in [0.05, 0.1) is 11.5 Å². The van der Waals surface area contributed by atoms with Gasteiger partial charge in [-0.2, -0.15) is 0 Å². The predicted octanol–water partition coefficient (Wildman–Crippen LogP) is 1.21. The van der Waals surface area contributed by atoms with E-state index in [0.717, 1.165) is 58.4 Å². The Bertz CT molecular complexity index is 1040. The highest BCUT2D eigenvalue weighted by Gasteiger charge is 2.38. The van der Waals surface area contributed by atoms with E-state index in [1.807, 2.05) is 18.4 Å². The van der Waals surface area contributed by atoms with Crippen molar-refractivity contribution in [1.82, 2.24) is 19.6 Å². The van der Waals surface area contributed by atoms with Crippen molar-refractivity contribution in [2.75, 3.05) is 45.8 Å². The summed E-state index contributed by atoms with van der Waals surface area (Å²) >= 11 is 0. The molecule has 0 aromatic carbocycles. The van der Waals surface area contributed by atoms with Crippen molar-refractivity contribution in [3.05, 3.63) is 23.9 Å². The molecule has 0 aromatic rings. The van der Waals surface area contributed by atoms with Gasteiger partial charge < -0.3 is 31.1 Å². The third kappa shape index (κ3) is 6.53. The fraction of sp³-hybridized carbons (Fsp3) is 0.733. The van der Waals surface area contributed by atoms with Crippen LogP contribution in [0, 0.1) is 17.8 Å². The molecule has 4 heterocycles. The molecule has 0 bridgehead atoms. The van der Waals surface area contributed by atoms with E-state index in [9.17, 15) is 19.2 Å². The lowest BCUT2D eigenvalue weighted by Crippen LogP contribution is -2.50. The third-order valence-corrected chi connectivity index (χ3v) is 9.74. The molecule has 3 atom stereocenters. The topological polar surface area (TPSA) is 133 Å². The molecule has 4 amide bonds. The van der Waals surface area contributed by atoms with Crippen LogP contribution in [0.25, 0.3) is 0 Å². The first-order valence-corrected chi connectivity index (χ1v) is 15.3. The van der Waals surface area contributed by atoms with Crippen LogP contribution >= 0.6 is 0 Å².